The summed E-state index contributed by atoms with van der Waals surface area (Å²) in [4.78, 5) is 29.6. The molecule has 3 rings (SSSR count). The van der Waals surface area contributed by atoms with Gasteiger partial charge in [-0.1, -0.05) is 11.6 Å². The Kier molecular flexibility index (Phi) is 6.15. The van der Waals surface area contributed by atoms with E-state index in [4.69, 9.17) is 11.6 Å². The molecule has 0 bridgehead atoms. The van der Waals surface area contributed by atoms with Crippen LogP contribution in [-0.4, -0.2) is 34.5 Å². The van der Waals surface area contributed by atoms with Crippen LogP contribution in [0.2, 0.25) is 5.02 Å². The lowest BCUT2D eigenvalue weighted by atomic mass is 10.0. The average Bonchev–Trinajstić information content (AvgIpc) is 3.10. The van der Waals surface area contributed by atoms with Crippen LogP contribution < -0.4 is 15.6 Å². The molecule has 0 saturated carbocycles. The summed E-state index contributed by atoms with van der Waals surface area (Å²) in [6.45, 7) is 1.72. The molecule has 148 valence electrons. The fraction of sp³-hybridized carbons (Fsp3) is 0.211. The molecule has 1 atom stereocenters. The molecule has 29 heavy (non-hydrogen) atoms. The first-order valence-electron chi connectivity index (χ1n) is 8.56. The molecule has 1 aromatic carbocycles. The van der Waals surface area contributed by atoms with Crippen molar-refractivity contribution in [3.63, 3.8) is 0 Å². The number of aromatic nitrogens is 1. The van der Waals surface area contributed by atoms with E-state index in [0.717, 1.165) is 0 Å². The first-order chi connectivity index (χ1) is 13.8. The number of carbonyl (C=O) groups excluding carboxylic acids is 2. The van der Waals surface area contributed by atoms with Crippen molar-refractivity contribution in [2.45, 2.75) is 19.4 Å². The van der Waals surface area contributed by atoms with Gasteiger partial charge in [0.05, 0.1) is 27.9 Å². The number of halogens is 2. The number of pyridine rings is 1. The number of carbonyl (C=O) groups is 2. The van der Waals surface area contributed by atoms with Crippen molar-refractivity contribution in [1.29, 1.82) is 5.26 Å². The van der Waals surface area contributed by atoms with Gasteiger partial charge in [-0.25, -0.2) is 9.99 Å². The van der Waals surface area contributed by atoms with E-state index in [1.165, 1.54) is 18.1 Å². The molecule has 2 heterocycles. The topological polar surface area (TPSA) is 110 Å². The second kappa shape index (κ2) is 8.59. The van der Waals surface area contributed by atoms with E-state index in [9.17, 15) is 14.9 Å². The molecule has 0 saturated heterocycles. The second-order valence-electron chi connectivity index (χ2n) is 6.25. The number of hydrogen-bond donors (Lipinski definition) is 2. The Morgan fingerprint density at radius 1 is 1.41 bits per heavy atom. The molecule has 0 fully saturated rings. The Hall–Kier alpha value is -2.96. The zero-order chi connectivity index (χ0) is 21.1. The van der Waals surface area contributed by atoms with Gasteiger partial charge in [-0.3, -0.25) is 9.59 Å². The maximum Gasteiger partial charge on any atom is 0.253 e. The van der Waals surface area contributed by atoms with E-state index in [0.29, 0.717) is 38.7 Å². The summed E-state index contributed by atoms with van der Waals surface area (Å²) >= 11 is 9.56. The Labute approximate surface area is 180 Å². The lowest BCUT2D eigenvalue weighted by molar-refractivity contribution is -0.117. The predicted molar refractivity (Wildman–Crippen MR) is 114 cm³/mol. The summed E-state index contributed by atoms with van der Waals surface area (Å²) in [5.74, 6) is -0.441. The highest BCUT2D eigenvalue weighted by molar-refractivity contribution is 9.18. The van der Waals surface area contributed by atoms with Gasteiger partial charge >= 0.3 is 0 Å². The largest absolute Gasteiger partial charge is 0.355 e. The number of aryl methyl sites for hydroxylation is 1. The minimum absolute atomic E-state index is 0.206. The number of nitrogens with one attached hydrogen (secondary N) is 2. The highest BCUT2D eigenvalue weighted by Crippen LogP contribution is 2.31. The Morgan fingerprint density at radius 2 is 2.17 bits per heavy atom. The number of hydrazone groups is 1. The van der Waals surface area contributed by atoms with Gasteiger partial charge in [0.25, 0.3) is 5.91 Å². The standard InChI is InChI=1S/C19H16BrClN6O2/c1-10-6-11(9-22)7-12(18(28)23-2)16(10)25-19(29)14-8-15(20)26-27(14)17-13(21)4-3-5-24-17/h3-7,14H,8H2,1-2H3,(H,23,28)(H,25,29). The van der Waals surface area contributed by atoms with E-state index in [-0.39, 0.29) is 11.5 Å². The first kappa shape index (κ1) is 20.8. The van der Waals surface area contributed by atoms with Crippen molar-refractivity contribution in [2.24, 2.45) is 5.10 Å². The van der Waals surface area contributed by atoms with E-state index >= 15 is 0 Å². The molecule has 2 aromatic rings. The van der Waals surface area contributed by atoms with Gasteiger partial charge in [-0.15, -0.1) is 0 Å². The summed E-state index contributed by atoms with van der Waals surface area (Å²) in [6.07, 6.45) is 1.87. The molecule has 0 radical (unpaired) electrons. The van der Waals surface area contributed by atoms with Crippen LogP contribution >= 0.6 is 27.5 Å². The lowest BCUT2D eigenvalue weighted by Crippen LogP contribution is -2.39. The Bertz CT molecular complexity index is 1070. The summed E-state index contributed by atoms with van der Waals surface area (Å²) in [6, 6.07) is 7.69. The molecule has 1 aromatic heterocycles. The molecular weight excluding hydrogens is 460 g/mol. The van der Waals surface area contributed by atoms with Crippen molar-refractivity contribution in [3.05, 3.63) is 52.2 Å². The van der Waals surface area contributed by atoms with Crippen LogP contribution in [-0.2, 0) is 4.79 Å². The molecular formula is C19H16BrClN6O2. The van der Waals surface area contributed by atoms with Crippen LogP contribution in [0.5, 0.6) is 0 Å². The second-order valence-corrected chi connectivity index (χ2v) is 7.57. The average molecular weight is 476 g/mol. The smallest absolute Gasteiger partial charge is 0.253 e. The summed E-state index contributed by atoms with van der Waals surface area (Å²) < 4.78 is 0.572. The number of rotatable bonds is 4. The van der Waals surface area contributed by atoms with Gasteiger partial charge in [0.2, 0.25) is 5.91 Å². The minimum Gasteiger partial charge on any atom is -0.355 e. The number of amides is 2. The highest BCUT2D eigenvalue weighted by Gasteiger charge is 2.35. The summed E-state index contributed by atoms with van der Waals surface area (Å²) in [5.41, 5.74) is 1.46. The van der Waals surface area contributed by atoms with E-state index in [1.807, 2.05) is 6.07 Å². The van der Waals surface area contributed by atoms with Crippen molar-refractivity contribution >= 4 is 55.5 Å². The molecule has 8 nitrogen and oxygen atoms in total. The minimum atomic E-state index is -0.718. The van der Waals surface area contributed by atoms with Crippen molar-refractivity contribution in [1.82, 2.24) is 10.3 Å². The number of nitrogens with zero attached hydrogens (tertiary/aromatic N) is 4. The van der Waals surface area contributed by atoms with E-state index in [2.05, 4.69) is 36.6 Å². The van der Waals surface area contributed by atoms with E-state index < -0.39 is 11.9 Å². The normalized spacial score (nSPS) is 15.5. The first-order valence-corrected chi connectivity index (χ1v) is 9.73. The van der Waals surface area contributed by atoms with Gasteiger partial charge in [-0.05, 0) is 52.7 Å². The highest BCUT2D eigenvalue weighted by atomic mass is 79.9. The van der Waals surface area contributed by atoms with Crippen molar-refractivity contribution in [3.8, 4) is 6.07 Å². The van der Waals surface area contributed by atoms with Crippen molar-refractivity contribution < 1.29 is 9.59 Å². The number of hydrogen-bond acceptors (Lipinski definition) is 6. The molecule has 1 unspecified atom stereocenters. The van der Waals surface area contributed by atoms with Crippen LogP contribution in [0.1, 0.15) is 27.9 Å². The van der Waals surface area contributed by atoms with Gasteiger partial charge in [0, 0.05) is 19.7 Å². The number of anilines is 2. The van der Waals surface area contributed by atoms with Gasteiger partial charge in [0.15, 0.2) is 5.82 Å². The third-order valence-corrected chi connectivity index (χ3v) is 5.09. The summed E-state index contributed by atoms with van der Waals surface area (Å²) in [5, 5.41) is 20.6. The quantitative estimate of drug-likeness (QED) is 0.705. The van der Waals surface area contributed by atoms with Crippen LogP contribution in [0, 0.1) is 18.3 Å². The predicted octanol–water partition coefficient (Wildman–Crippen LogP) is 3.20. The maximum atomic E-state index is 13.1. The number of nitriles is 1. The summed E-state index contributed by atoms with van der Waals surface area (Å²) in [7, 11) is 1.48. The molecule has 1 aliphatic heterocycles. The molecule has 1 aliphatic rings. The zero-order valence-electron chi connectivity index (χ0n) is 15.5. The molecule has 0 spiro atoms. The molecule has 2 amide bonds. The van der Waals surface area contributed by atoms with Gasteiger partial charge in [0.1, 0.15) is 10.7 Å². The molecule has 0 aliphatic carbocycles. The third kappa shape index (κ3) is 4.23. The van der Waals surface area contributed by atoms with Crippen LogP contribution in [0.4, 0.5) is 11.5 Å². The van der Waals surface area contributed by atoms with Crippen LogP contribution in [0.3, 0.4) is 0 Å². The van der Waals surface area contributed by atoms with Crippen LogP contribution in [0.25, 0.3) is 0 Å². The Morgan fingerprint density at radius 3 is 2.83 bits per heavy atom. The number of benzene rings is 1. The van der Waals surface area contributed by atoms with Crippen LogP contribution in [0.15, 0.2) is 35.6 Å². The fourth-order valence-electron chi connectivity index (χ4n) is 2.96. The third-order valence-electron chi connectivity index (χ3n) is 4.32. The monoisotopic (exact) mass is 474 g/mol. The van der Waals surface area contributed by atoms with Crippen molar-refractivity contribution in [2.75, 3.05) is 17.4 Å². The van der Waals surface area contributed by atoms with Gasteiger partial charge < -0.3 is 10.6 Å². The zero-order valence-corrected chi connectivity index (χ0v) is 17.9. The van der Waals surface area contributed by atoms with E-state index in [1.54, 1.807) is 31.3 Å². The maximum absolute atomic E-state index is 13.1. The molecule has 10 heteroatoms. The Balaban J connectivity index is 1.95. The molecule has 2 N–H and O–H groups in total. The fourth-order valence-corrected chi connectivity index (χ4v) is 3.64. The SMILES string of the molecule is CNC(=O)c1cc(C#N)cc(C)c1NC(=O)C1CC(Br)=NN1c1ncccc1Cl. The van der Waals surface area contributed by atoms with Gasteiger partial charge in [-0.2, -0.15) is 10.4 Å². The lowest BCUT2D eigenvalue weighted by Gasteiger charge is -2.23.